The van der Waals surface area contributed by atoms with Gasteiger partial charge in [0.25, 0.3) is 5.91 Å². The van der Waals surface area contributed by atoms with Gasteiger partial charge in [0.15, 0.2) is 0 Å². The van der Waals surface area contributed by atoms with E-state index in [0.717, 1.165) is 62.7 Å². The van der Waals surface area contributed by atoms with E-state index in [1.165, 1.54) is 12.8 Å². The molecular formula is C25H34N4O4. The van der Waals surface area contributed by atoms with Crippen LogP contribution in [-0.4, -0.2) is 78.0 Å². The van der Waals surface area contributed by atoms with E-state index >= 15 is 0 Å². The zero-order valence-electron chi connectivity index (χ0n) is 19.2. The van der Waals surface area contributed by atoms with E-state index in [0.29, 0.717) is 31.1 Å². The molecule has 8 heteroatoms. The van der Waals surface area contributed by atoms with Gasteiger partial charge in [-0.2, -0.15) is 0 Å². The van der Waals surface area contributed by atoms with Gasteiger partial charge in [-0.05, 0) is 61.6 Å². The zero-order valence-corrected chi connectivity index (χ0v) is 19.2. The minimum Gasteiger partial charge on any atom is -0.396 e. The highest BCUT2D eigenvalue weighted by Gasteiger charge is 2.39. The molecule has 1 aromatic rings. The Kier molecular flexibility index (Phi) is 6.38. The maximum atomic E-state index is 13.1. The number of imide groups is 1. The molecular weight excluding hydrogens is 420 g/mol. The van der Waals surface area contributed by atoms with Gasteiger partial charge in [0.1, 0.15) is 6.04 Å². The third-order valence-electron chi connectivity index (χ3n) is 7.99. The number of aliphatic hydroxyl groups is 1. The van der Waals surface area contributed by atoms with Gasteiger partial charge in [-0.3, -0.25) is 24.6 Å². The highest BCUT2D eigenvalue weighted by atomic mass is 16.3. The van der Waals surface area contributed by atoms with Gasteiger partial charge < -0.3 is 14.9 Å². The number of fused-ring (bicyclic) bond motifs is 1. The molecule has 3 fully saturated rings. The van der Waals surface area contributed by atoms with Crippen LogP contribution in [0.3, 0.4) is 0 Å². The molecule has 0 spiro atoms. The fourth-order valence-corrected chi connectivity index (χ4v) is 5.89. The van der Waals surface area contributed by atoms with Gasteiger partial charge in [-0.15, -0.1) is 0 Å². The summed E-state index contributed by atoms with van der Waals surface area (Å²) in [6.45, 7) is 5.83. The summed E-state index contributed by atoms with van der Waals surface area (Å²) in [6, 6.07) is 5.52. The number of aliphatic hydroxyl groups excluding tert-OH is 1. The summed E-state index contributed by atoms with van der Waals surface area (Å²) in [6.07, 6.45) is 5.42. The number of hydrogen-bond acceptors (Lipinski definition) is 6. The van der Waals surface area contributed by atoms with Crippen molar-refractivity contribution in [3.63, 3.8) is 0 Å². The lowest BCUT2D eigenvalue weighted by Gasteiger charge is -2.39. The van der Waals surface area contributed by atoms with E-state index < -0.39 is 6.04 Å². The largest absolute Gasteiger partial charge is 0.396 e. The standard InChI is InChI=1S/C25H34N4O4/c30-16-18-3-1-17(2-4-18)14-27-9-11-28(12-10-27)20-6-5-19-15-29(25(33)21(19)13-20)22-7-8-23(31)26-24(22)32/h5-6,13,17-18,22,30H,1-4,7-12,14-16H2,(H,26,31,32)/t17-,18-,22?. The first-order chi connectivity index (χ1) is 16.0. The third-order valence-corrected chi connectivity index (χ3v) is 7.99. The molecule has 0 aromatic heterocycles. The first-order valence-electron chi connectivity index (χ1n) is 12.4. The minimum absolute atomic E-state index is 0.113. The van der Waals surface area contributed by atoms with Gasteiger partial charge in [-0.25, -0.2) is 0 Å². The fraction of sp³-hybridized carbons (Fsp3) is 0.640. The van der Waals surface area contributed by atoms with E-state index in [1.807, 2.05) is 12.1 Å². The van der Waals surface area contributed by atoms with Crippen molar-refractivity contribution in [2.45, 2.75) is 51.1 Å². The van der Waals surface area contributed by atoms with Crippen molar-refractivity contribution in [1.29, 1.82) is 0 Å². The fourth-order valence-electron chi connectivity index (χ4n) is 5.89. The molecule has 3 aliphatic heterocycles. The number of piperidine rings is 1. The Morgan fingerprint density at radius 2 is 1.67 bits per heavy atom. The van der Waals surface area contributed by atoms with Crippen molar-refractivity contribution in [3.05, 3.63) is 29.3 Å². The van der Waals surface area contributed by atoms with Crippen LogP contribution in [-0.2, 0) is 16.1 Å². The normalized spacial score (nSPS) is 28.8. The average Bonchev–Trinajstić information content (AvgIpc) is 3.15. The number of anilines is 1. The molecule has 178 valence electrons. The molecule has 1 saturated carbocycles. The molecule has 4 aliphatic rings. The van der Waals surface area contributed by atoms with Gasteiger partial charge in [0.05, 0.1) is 0 Å². The SMILES string of the molecule is O=C1CCC(N2Cc3ccc(N4CCN(C[C@H]5CC[C@H](CO)CC5)CC4)cc3C2=O)C(=O)N1. The quantitative estimate of drug-likeness (QED) is 0.653. The van der Waals surface area contributed by atoms with Crippen LogP contribution in [0.25, 0.3) is 0 Å². The van der Waals surface area contributed by atoms with E-state index in [9.17, 15) is 19.5 Å². The van der Waals surface area contributed by atoms with Crippen molar-refractivity contribution in [2.75, 3.05) is 44.2 Å². The van der Waals surface area contributed by atoms with Crippen LogP contribution < -0.4 is 10.2 Å². The summed E-state index contributed by atoms with van der Waals surface area (Å²) in [5.74, 6) is 0.508. The first kappa shape index (κ1) is 22.3. The second-order valence-electron chi connectivity index (χ2n) is 10.1. The molecule has 2 N–H and O–H groups in total. The molecule has 1 atom stereocenters. The van der Waals surface area contributed by atoms with Crippen molar-refractivity contribution < 1.29 is 19.5 Å². The molecule has 3 heterocycles. The first-order valence-corrected chi connectivity index (χ1v) is 12.4. The molecule has 33 heavy (non-hydrogen) atoms. The summed E-state index contributed by atoms with van der Waals surface area (Å²) < 4.78 is 0. The van der Waals surface area contributed by atoms with E-state index in [1.54, 1.807) is 4.90 Å². The number of carbonyl (C=O) groups is 3. The minimum atomic E-state index is -0.568. The van der Waals surface area contributed by atoms with Crippen LogP contribution in [0.2, 0.25) is 0 Å². The summed E-state index contributed by atoms with van der Waals surface area (Å²) in [5.41, 5.74) is 2.70. The molecule has 2 saturated heterocycles. The molecule has 8 nitrogen and oxygen atoms in total. The van der Waals surface area contributed by atoms with Crippen molar-refractivity contribution in [1.82, 2.24) is 15.1 Å². The van der Waals surface area contributed by atoms with Crippen molar-refractivity contribution in [2.24, 2.45) is 11.8 Å². The number of amides is 3. The number of carbonyl (C=O) groups excluding carboxylic acids is 3. The summed E-state index contributed by atoms with van der Waals surface area (Å²) >= 11 is 0. The van der Waals surface area contributed by atoms with Gasteiger partial charge in [0.2, 0.25) is 11.8 Å². The third kappa shape index (κ3) is 4.64. The second-order valence-corrected chi connectivity index (χ2v) is 10.1. The van der Waals surface area contributed by atoms with E-state index in [-0.39, 0.29) is 24.1 Å². The Hall–Kier alpha value is -2.45. The molecule has 1 unspecified atom stereocenters. The predicted octanol–water partition coefficient (Wildman–Crippen LogP) is 1.37. The average molecular weight is 455 g/mol. The number of nitrogens with one attached hydrogen (secondary N) is 1. The van der Waals surface area contributed by atoms with Crippen molar-refractivity contribution in [3.8, 4) is 0 Å². The number of rotatable bonds is 5. The number of benzene rings is 1. The molecule has 3 amide bonds. The lowest BCUT2D eigenvalue weighted by molar-refractivity contribution is -0.136. The number of nitrogens with zero attached hydrogens (tertiary/aromatic N) is 3. The van der Waals surface area contributed by atoms with E-state index in [4.69, 9.17) is 0 Å². The van der Waals surface area contributed by atoms with Crippen LogP contribution in [0.15, 0.2) is 18.2 Å². The van der Waals surface area contributed by atoms with Gasteiger partial charge in [0, 0.05) is 63.5 Å². The summed E-state index contributed by atoms with van der Waals surface area (Å²) in [7, 11) is 0. The zero-order chi connectivity index (χ0) is 22.9. The Balaban J connectivity index is 1.17. The molecule has 1 aliphatic carbocycles. The van der Waals surface area contributed by atoms with Gasteiger partial charge in [-0.1, -0.05) is 6.07 Å². The lowest BCUT2D eigenvalue weighted by atomic mass is 9.82. The predicted molar refractivity (Wildman–Crippen MR) is 124 cm³/mol. The monoisotopic (exact) mass is 454 g/mol. The molecule has 0 radical (unpaired) electrons. The Bertz CT molecular complexity index is 919. The maximum absolute atomic E-state index is 13.1. The molecule has 1 aromatic carbocycles. The lowest BCUT2D eigenvalue weighted by Crippen LogP contribution is -2.52. The molecule has 0 bridgehead atoms. The highest BCUT2D eigenvalue weighted by molar-refractivity contribution is 6.05. The smallest absolute Gasteiger partial charge is 0.255 e. The maximum Gasteiger partial charge on any atom is 0.255 e. The van der Waals surface area contributed by atoms with Crippen LogP contribution in [0.1, 0.15) is 54.4 Å². The van der Waals surface area contributed by atoms with Crippen molar-refractivity contribution >= 4 is 23.4 Å². The van der Waals surface area contributed by atoms with E-state index in [2.05, 4.69) is 21.2 Å². The second kappa shape index (κ2) is 9.43. The summed E-state index contributed by atoms with van der Waals surface area (Å²) in [5, 5.41) is 11.7. The Labute approximate surface area is 194 Å². The number of piperazine rings is 1. The van der Waals surface area contributed by atoms with Crippen LogP contribution in [0.4, 0.5) is 5.69 Å². The van der Waals surface area contributed by atoms with Crippen LogP contribution >= 0.6 is 0 Å². The number of hydrogen-bond donors (Lipinski definition) is 2. The topological polar surface area (TPSA) is 93.2 Å². The van der Waals surface area contributed by atoms with Crippen LogP contribution in [0.5, 0.6) is 0 Å². The Morgan fingerprint density at radius 3 is 2.36 bits per heavy atom. The Morgan fingerprint density at radius 1 is 0.939 bits per heavy atom. The highest BCUT2D eigenvalue weighted by Crippen LogP contribution is 2.32. The van der Waals surface area contributed by atoms with Crippen LogP contribution in [0, 0.1) is 11.8 Å². The summed E-state index contributed by atoms with van der Waals surface area (Å²) in [4.78, 5) is 43.3. The molecule has 5 rings (SSSR count). The van der Waals surface area contributed by atoms with Gasteiger partial charge >= 0.3 is 0 Å².